The van der Waals surface area contributed by atoms with Crippen LogP contribution in [0.3, 0.4) is 0 Å². The molecule has 0 atom stereocenters. The molecule has 7 nitrogen and oxygen atoms in total. The van der Waals surface area contributed by atoms with E-state index in [-0.39, 0.29) is 24.0 Å². The minimum atomic E-state index is 0. The van der Waals surface area contributed by atoms with E-state index >= 15 is 0 Å². The van der Waals surface area contributed by atoms with E-state index in [1.165, 1.54) is 25.7 Å². The summed E-state index contributed by atoms with van der Waals surface area (Å²) in [6.45, 7) is 9.42. The molecule has 0 bridgehead atoms. The Morgan fingerprint density at radius 3 is 2.47 bits per heavy atom. The van der Waals surface area contributed by atoms with Gasteiger partial charge >= 0.3 is 0 Å². The monoisotopic (exact) mass is 559 g/mol. The number of methoxy groups -OCH3 is 1. The molecule has 2 aliphatic rings. The summed E-state index contributed by atoms with van der Waals surface area (Å²) in [6, 6.07) is 4.34. The molecule has 0 radical (unpaired) electrons. The Morgan fingerprint density at radius 1 is 1.09 bits per heavy atom. The lowest BCUT2D eigenvalue weighted by molar-refractivity contribution is 0.00990. The molecular formula is C24H42IN5O2. The van der Waals surface area contributed by atoms with Gasteiger partial charge in [-0.1, -0.05) is 18.9 Å². The van der Waals surface area contributed by atoms with Gasteiger partial charge in [-0.15, -0.1) is 24.0 Å². The molecule has 2 fully saturated rings. The predicted molar refractivity (Wildman–Crippen MR) is 142 cm³/mol. The van der Waals surface area contributed by atoms with Crippen molar-refractivity contribution in [3.8, 4) is 0 Å². The fraction of sp³-hybridized carbons (Fsp3) is 0.750. The van der Waals surface area contributed by atoms with Crippen molar-refractivity contribution >= 4 is 35.8 Å². The highest BCUT2D eigenvalue weighted by atomic mass is 127. The number of aliphatic imine (C=N–C) groups is 1. The first kappa shape index (κ1) is 27.1. The molecule has 0 amide bonds. The lowest BCUT2D eigenvalue weighted by Gasteiger charge is -2.34. The molecule has 1 aromatic heterocycles. The first-order valence-corrected chi connectivity index (χ1v) is 12.1. The molecule has 0 saturated carbocycles. The highest BCUT2D eigenvalue weighted by Gasteiger charge is 2.21. The van der Waals surface area contributed by atoms with Gasteiger partial charge in [0.05, 0.1) is 12.6 Å². The van der Waals surface area contributed by atoms with Crippen molar-refractivity contribution in [2.75, 3.05) is 57.9 Å². The van der Waals surface area contributed by atoms with Crippen LogP contribution in [0.2, 0.25) is 0 Å². The standard InChI is InChI=1S/C24H41N5O2.HI/c1-3-25-24(29-15-11-22(12-16-29)31-18-8-17-30-2)27-20-21-9-10-23(26-19-21)28-13-6-4-5-7-14-28;/h9-10,19,22H,3-8,11-18,20H2,1-2H3,(H,25,27);1H. The smallest absolute Gasteiger partial charge is 0.194 e. The van der Waals surface area contributed by atoms with Crippen LogP contribution in [0.5, 0.6) is 0 Å². The summed E-state index contributed by atoms with van der Waals surface area (Å²) in [5, 5.41) is 3.46. The van der Waals surface area contributed by atoms with E-state index in [2.05, 4.69) is 34.2 Å². The Morgan fingerprint density at radius 2 is 1.84 bits per heavy atom. The predicted octanol–water partition coefficient (Wildman–Crippen LogP) is 4.06. The van der Waals surface area contributed by atoms with Gasteiger partial charge < -0.3 is 24.6 Å². The third-order valence-corrected chi connectivity index (χ3v) is 6.07. The SMILES string of the molecule is CCNC(=NCc1ccc(N2CCCCCC2)nc1)N1CCC(OCCCOC)CC1.I. The number of rotatable bonds is 9. The summed E-state index contributed by atoms with van der Waals surface area (Å²) in [6.07, 6.45) is 10.6. The quantitative estimate of drug-likeness (QED) is 0.213. The second-order valence-electron chi connectivity index (χ2n) is 8.50. The molecular weight excluding hydrogens is 517 g/mol. The van der Waals surface area contributed by atoms with E-state index in [0.717, 1.165) is 82.5 Å². The number of aromatic nitrogens is 1. The van der Waals surface area contributed by atoms with Crippen LogP contribution in [0.4, 0.5) is 5.82 Å². The molecule has 1 aromatic rings. The molecule has 0 unspecified atom stereocenters. The minimum Gasteiger partial charge on any atom is -0.385 e. The van der Waals surface area contributed by atoms with Gasteiger partial charge in [-0.3, -0.25) is 0 Å². The molecule has 0 aromatic carbocycles. The third-order valence-electron chi connectivity index (χ3n) is 6.07. The van der Waals surface area contributed by atoms with Gasteiger partial charge in [-0.05, 0) is 50.7 Å². The Labute approximate surface area is 211 Å². The number of ether oxygens (including phenoxy) is 2. The highest BCUT2D eigenvalue weighted by Crippen LogP contribution is 2.18. The average Bonchev–Trinajstić information content (AvgIpc) is 3.10. The summed E-state index contributed by atoms with van der Waals surface area (Å²) < 4.78 is 11.1. The molecule has 1 N–H and O–H groups in total. The minimum absolute atomic E-state index is 0. The fourth-order valence-electron chi connectivity index (χ4n) is 4.28. The molecule has 2 aliphatic heterocycles. The van der Waals surface area contributed by atoms with E-state index in [9.17, 15) is 0 Å². The second kappa shape index (κ2) is 15.7. The molecule has 0 spiro atoms. The molecule has 182 valence electrons. The van der Waals surface area contributed by atoms with E-state index < -0.39 is 0 Å². The molecule has 8 heteroatoms. The molecule has 3 rings (SSSR count). The summed E-state index contributed by atoms with van der Waals surface area (Å²) in [5.74, 6) is 2.10. The summed E-state index contributed by atoms with van der Waals surface area (Å²) in [7, 11) is 1.74. The van der Waals surface area contributed by atoms with Gasteiger partial charge in [0.2, 0.25) is 0 Å². The number of nitrogens with zero attached hydrogens (tertiary/aromatic N) is 4. The van der Waals surface area contributed by atoms with Gasteiger partial charge in [0.15, 0.2) is 5.96 Å². The maximum absolute atomic E-state index is 5.99. The van der Waals surface area contributed by atoms with Crippen LogP contribution in [0, 0.1) is 0 Å². The van der Waals surface area contributed by atoms with E-state index in [0.29, 0.717) is 12.6 Å². The van der Waals surface area contributed by atoms with E-state index in [4.69, 9.17) is 19.5 Å². The second-order valence-corrected chi connectivity index (χ2v) is 8.50. The zero-order valence-electron chi connectivity index (χ0n) is 19.9. The van der Waals surface area contributed by atoms with Crippen molar-refractivity contribution in [2.24, 2.45) is 4.99 Å². The summed E-state index contributed by atoms with van der Waals surface area (Å²) in [4.78, 5) is 14.4. The Hall–Kier alpha value is -1.13. The Bertz CT molecular complexity index is 642. The number of guanidine groups is 1. The van der Waals surface area contributed by atoms with Crippen molar-refractivity contribution in [3.05, 3.63) is 23.9 Å². The molecule has 0 aliphatic carbocycles. The van der Waals surface area contributed by atoms with Crippen LogP contribution in [0.1, 0.15) is 57.4 Å². The lowest BCUT2D eigenvalue weighted by Crippen LogP contribution is -2.47. The van der Waals surface area contributed by atoms with Gasteiger partial charge in [0, 0.05) is 59.2 Å². The van der Waals surface area contributed by atoms with Crippen molar-refractivity contribution in [1.82, 2.24) is 15.2 Å². The lowest BCUT2D eigenvalue weighted by atomic mass is 10.1. The zero-order chi connectivity index (χ0) is 21.7. The maximum Gasteiger partial charge on any atom is 0.194 e. The number of nitrogens with one attached hydrogen (secondary N) is 1. The van der Waals surface area contributed by atoms with Crippen molar-refractivity contribution in [1.29, 1.82) is 0 Å². The number of likely N-dealkylation sites (tertiary alicyclic amines) is 1. The first-order chi connectivity index (χ1) is 15.3. The van der Waals surface area contributed by atoms with Crippen LogP contribution in [-0.4, -0.2) is 75.0 Å². The molecule has 2 saturated heterocycles. The normalized spacial score (nSPS) is 18.2. The maximum atomic E-state index is 5.99. The number of hydrogen-bond acceptors (Lipinski definition) is 5. The summed E-state index contributed by atoms with van der Waals surface area (Å²) >= 11 is 0. The fourth-order valence-corrected chi connectivity index (χ4v) is 4.28. The number of hydrogen-bond donors (Lipinski definition) is 1. The van der Waals surface area contributed by atoms with Crippen LogP contribution >= 0.6 is 24.0 Å². The van der Waals surface area contributed by atoms with Gasteiger partial charge in [-0.25, -0.2) is 9.98 Å². The average molecular weight is 560 g/mol. The number of halogens is 1. The zero-order valence-corrected chi connectivity index (χ0v) is 22.3. The first-order valence-electron chi connectivity index (χ1n) is 12.1. The van der Waals surface area contributed by atoms with E-state index in [1.54, 1.807) is 7.11 Å². The van der Waals surface area contributed by atoms with Crippen LogP contribution in [0.25, 0.3) is 0 Å². The van der Waals surface area contributed by atoms with Crippen molar-refractivity contribution in [2.45, 2.75) is 64.5 Å². The number of pyridine rings is 1. The summed E-state index contributed by atoms with van der Waals surface area (Å²) in [5.41, 5.74) is 1.16. The van der Waals surface area contributed by atoms with Crippen LogP contribution < -0.4 is 10.2 Å². The highest BCUT2D eigenvalue weighted by molar-refractivity contribution is 14.0. The molecule has 32 heavy (non-hydrogen) atoms. The number of anilines is 1. The number of piperidine rings is 1. The van der Waals surface area contributed by atoms with Crippen LogP contribution in [-0.2, 0) is 16.0 Å². The van der Waals surface area contributed by atoms with E-state index in [1.807, 2.05) is 6.20 Å². The Balaban J connectivity index is 0.00000363. The van der Waals surface area contributed by atoms with Gasteiger partial charge in [0.1, 0.15) is 5.82 Å². The van der Waals surface area contributed by atoms with Gasteiger partial charge in [-0.2, -0.15) is 0 Å². The Kier molecular flexibility index (Phi) is 13.3. The largest absolute Gasteiger partial charge is 0.385 e. The van der Waals surface area contributed by atoms with Crippen molar-refractivity contribution < 1.29 is 9.47 Å². The third kappa shape index (κ3) is 9.02. The topological polar surface area (TPSA) is 62.2 Å². The van der Waals surface area contributed by atoms with Crippen LogP contribution in [0.15, 0.2) is 23.3 Å². The van der Waals surface area contributed by atoms with Crippen molar-refractivity contribution in [3.63, 3.8) is 0 Å². The van der Waals surface area contributed by atoms with Gasteiger partial charge in [0.25, 0.3) is 0 Å². The molecule has 3 heterocycles.